The lowest BCUT2D eigenvalue weighted by Gasteiger charge is -2.47. The summed E-state index contributed by atoms with van der Waals surface area (Å²) in [6, 6.07) is 6.84. The smallest absolute Gasteiger partial charge is 0.338 e. The van der Waals surface area contributed by atoms with Gasteiger partial charge in [0.15, 0.2) is 6.23 Å². The van der Waals surface area contributed by atoms with E-state index in [1.54, 1.807) is 31.2 Å². The maximum atomic E-state index is 12.7. The molecule has 0 aliphatic carbocycles. The first-order chi connectivity index (χ1) is 12.9. The average molecular weight is 377 g/mol. The molecule has 2 saturated heterocycles. The molecule has 2 aliphatic heterocycles. The summed E-state index contributed by atoms with van der Waals surface area (Å²) < 4.78 is 10.9. The molecule has 3 rings (SSSR count). The summed E-state index contributed by atoms with van der Waals surface area (Å²) in [6.07, 6.45) is -0.199. The van der Waals surface area contributed by atoms with Crippen molar-refractivity contribution in [1.29, 1.82) is 0 Å². The van der Waals surface area contributed by atoms with Crippen LogP contribution in [0.1, 0.15) is 18.9 Å². The van der Waals surface area contributed by atoms with Crippen LogP contribution in [0.3, 0.4) is 0 Å². The summed E-state index contributed by atoms with van der Waals surface area (Å²) in [5.41, 5.74) is -1.10. The van der Waals surface area contributed by atoms with E-state index < -0.39 is 42.3 Å². The van der Waals surface area contributed by atoms with Crippen molar-refractivity contribution in [3.8, 4) is 5.75 Å². The number of carbonyl (C=O) groups is 2. The number of fused-ring (bicyclic) bond motifs is 1. The SMILES string of the molecule is CCC(O)C1C(=O)N2[C@@H]1O/C(=C\CO)[C@]2(Cc1ccc(OC)cc1)C(=O)O. The third-order valence-electron chi connectivity index (χ3n) is 5.23. The molecule has 2 aliphatic rings. The average Bonchev–Trinajstić information content (AvgIpc) is 2.93. The van der Waals surface area contributed by atoms with Crippen LogP contribution >= 0.6 is 0 Å². The second kappa shape index (κ2) is 7.21. The lowest BCUT2D eigenvalue weighted by Crippen LogP contribution is -2.70. The fourth-order valence-electron chi connectivity index (χ4n) is 3.77. The van der Waals surface area contributed by atoms with E-state index in [4.69, 9.17) is 9.47 Å². The van der Waals surface area contributed by atoms with Crippen molar-refractivity contribution in [2.45, 2.75) is 37.6 Å². The summed E-state index contributed by atoms with van der Waals surface area (Å²) in [5, 5.41) is 29.5. The Morgan fingerprint density at radius 3 is 2.59 bits per heavy atom. The van der Waals surface area contributed by atoms with Crippen LogP contribution in [0, 0.1) is 5.92 Å². The number of carboxylic acids is 1. The second-order valence-corrected chi connectivity index (χ2v) is 6.66. The molecule has 8 heteroatoms. The van der Waals surface area contributed by atoms with Gasteiger partial charge in [0.25, 0.3) is 0 Å². The van der Waals surface area contributed by atoms with E-state index in [0.717, 1.165) is 0 Å². The fraction of sp³-hybridized carbons (Fsp3) is 0.474. The Morgan fingerprint density at radius 1 is 1.41 bits per heavy atom. The van der Waals surface area contributed by atoms with Crippen LogP contribution in [-0.2, 0) is 20.7 Å². The number of ether oxygens (including phenoxy) is 2. The third kappa shape index (κ3) is 2.85. The molecule has 2 heterocycles. The maximum absolute atomic E-state index is 12.7. The number of rotatable bonds is 7. The number of aliphatic hydroxyl groups excluding tert-OH is 2. The van der Waals surface area contributed by atoms with Crippen LogP contribution in [0.5, 0.6) is 5.75 Å². The van der Waals surface area contributed by atoms with Crippen LogP contribution in [-0.4, -0.2) is 63.7 Å². The summed E-state index contributed by atoms with van der Waals surface area (Å²) in [5.74, 6) is -1.89. The summed E-state index contributed by atoms with van der Waals surface area (Å²) in [4.78, 5) is 26.2. The topological polar surface area (TPSA) is 117 Å². The standard InChI is InChI=1S/C19H23NO7/c1-3-13(22)15-16(23)20-17(15)27-14(8-9-21)19(20,18(24)25)10-11-4-6-12(26-2)7-5-11/h4-8,13,15,17,21-22H,3,9-10H2,1-2H3,(H,24,25)/b14-8-/t13?,15?,17-,19-/m1/s1. The monoisotopic (exact) mass is 377 g/mol. The molecule has 4 atom stereocenters. The molecule has 0 spiro atoms. The van der Waals surface area contributed by atoms with E-state index in [0.29, 0.717) is 17.7 Å². The predicted octanol–water partition coefficient (Wildman–Crippen LogP) is 0.523. The first kappa shape index (κ1) is 19.2. The zero-order valence-electron chi connectivity index (χ0n) is 15.2. The minimum Gasteiger partial charge on any atom is -0.497 e. The van der Waals surface area contributed by atoms with Gasteiger partial charge in [-0.1, -0.05) is 19.1 Å². The van der Waals surface area contributed by atoms with E-state index in [-0.39, 0.29) is 12.2 Å². The van der Waals surface area contributed by atoms with Crippen molar-refractivity contribution in [3.63, 3.8) is 0 Å². The van der Waals surface area contributed by atoms with Crippen LogP contribution in [0.15, 0.2) is 36.1 Å². The molecule has 146 valence electrons. The highest BCUT2D eigenvalue weighted by molar-refractivity contribution is 5.96. The number of carbonyl (C=O) groups excluding carboxylic acids is 1. The van der Waals surface area contributed by atoms with Crippen molar-refractivity contribution in [2.75, 3.05) is 13.7 Å². The van der Waals surface area contributed by atoms with Gasteiger partial charge in [-0.3, -0.25) is 9.69 Å². The number of aliphatic hydroxyl groups is 2. The van der Waals surface area contributed by atoms with Gasteiger partial charge in [0.05, 0.1) is 19.8 Å². The van der Waals surface area contributed by atoms with Crippen LogP contribution in [0.25, 0.3) is 0 Å². The summed E-state index contributed by atoms with van der Waals surface area (Å²) in [7, 11) is 1.53. The third-order valence-corrected chi connectivity index (χ3v) is 5.23. The quantitative estimate of drug-likeness (QED) is 0.593. The van der Waals surface area contributed by atoms with E-state index in [1.165, 1.54) is 18.1 Å². The number of benzene rings is 1. The molecular weight excluding hydrogens is 354 g/mol. The van der Waals surface area contributed by atoms with Crippen molar-refractivity contribution in [2.24, 2.45) is 5.92 Å². The molecule has 0 radical (unpaired) electrons. The van der Waals surface area contributed by atoms with Crippen LogP contribution < -0.4 is 4.74 Å². The van der Waals surface area contributed by atoms with Gasteiger partial charge < -0.3 is 24.8 Å². The normalized spacial score (nSPS) is 29.1. The van der Waals surface area contributed by atoms with Gasteiger partial charge in [0, 0.05) is 6.42 Å². The summed E-state index contributed by atoms with van der Waals surface area (Å²) >= 11 is 0. The number of carboxylic acid groups (broad SMARTS) is 1. The highest BCUT2D eigenvalue weighted by Crippen LogP contribution is 2.49. The molecule has 1 amide bonds. The molecule has 0 aromatic heterocycles. The number of β-lactam (4-membered cyclic amide) rings is 1. The molecule has 2 unspecified atom stereocenters. The van der Waals surface area contributed by atoms with Gasteiger partial charge in [-0.05, 0) is 30.2 Å². The number of hydrogen-bond donors (Lipinski definition) is 3. The van der Waals surface area contributed by atoms with Gasteiger partial charge in [0.1, 0.15) is 17.4 Å². The number of methoxy groups -OCH3 is 1. The molecule has 0 bridgehead atoms. The van der Waals surface area contributed by atoms with Crippen molar-refractivity contribution in [3.05, 3.63) is 41.7 Å². The van der Waals surface area contributed by atoms with Crippen molar-refractivity contribution >= 4 is 11.9 Å². The minimum atomic E-state index is -1.76. The Hall–Kier alpha value is -2.58. The first-order valence-electron chi connectivity index (χ1n) is 8.76. The van der Waals surface area contributed by atoms with Gasteiger partial charge in [-0.25, -0.2) is 4.79 Å². The van der Waals surface area contributed by atoms with Crippen molar-refractivity contribution in [1.82, 2.24) is 4.90 Å². The number of aliphatic carboxylic acids is 1. The zero-order valence-corrected chi connectivity index (χ0v) is 15.2. The van der Waals surface area contributed by atoms with Crippen LogP contribution in [0.2, 0.25) is 0 Å². The fourth-order valence-corrected chi connectivity index (χ4v) is 3.77. The van der Waals surface area contributed by atoms with E-state index in [9.17, 15) is 24.9 Å². The second-order valence-electron chi connectivity index (χ2n) is 6.66. The lowest BCUT2D eigenvalue weighted by atomic mass is 9.80. The lowest BCUT2D eigenvalue weighted by molar-refractivity contribution is -0.193. The Labute approximate surface area is 156 Å². The molecule has 8 nitrogen and oxygen atoms in total. The molecule has 27 heavy (non-hydrogen) atoms. The molecule has 3 N–H and O–H groups in total. The molecule has 1 aromatic rings. The maximum Gasteiger partial charge on any atom is 0.338 e. The van der Waals surface area contributed by atoms with E-state index in [2.05, 4.69) is 0 Å². The highest BCUT2D eigenvalue weighted by atomic mass is 16.5. The Kier molecular flexibility index (Phi) is 5.12. The highest BCUT2D eigenvalue weighted by Gasteiger charge is 2.69. The minimum absolute atomic E-state index is 0.0115. The van der Waals surface area contributed by atoms with Gasteiger partial charge in [0.2, 0.25) is 11.4 Å². The summed E-state index contributed by atoms with van der Waals surface area (Å²) in [6.45, 7) is 1.31. The number of hydrogen-bond acceptors (Lipinski definition) is 6. The first-order valence-corrected chi connectivity index (χ1v) is 8.76. The Morgan fingerprint density at radius 2 is 2.07 bits per heavy atom. The number of amides is 1. The molecule has 1 aromatic carbocycles. The van der Waals surface area contributed by atoms with E-state index >= 15 is 0 Å². The number of nitrogens with zero attached hydrogens (tertiary/aromatic N) is 1. The Balaban J connectivity index is 2.01. The Bertz CT molecular complexity index is 760. The molecule has 0 saturated carbocycles. The van der Waals surface area contributed by atoms with Crippen LogP contribution in [0.4, 0.5) is 0 Å². The zero-order chi connectivity index (χ0) is 19.8. The van der Waals surface area contributed by atoms with Gasteiger partial charge in [-0.15, -0.1) is 0 Å². The van der Waals surface area contributed by atoms with Gasteiger partial charge >= 0.3 is 5.97 Å². The largest absolute Gasteiger partial charge is 0.497 e. The molecular formula is C19H23NO7. The molecule has 2 fully saturated rings. The van der Waals surface area contributed by atoms with Gasteiger partial charge in [-0.2, -0.15) is 0 Å². The predicted molar refractivity (Wildman–Crippen MR) is 93.7 cm³/mol. The van der Waals surface area contributed by atoms with Crippen molar-refractivity contribution < 1.29 is 34.4 Å². The van der Waals surface area contributed by atoms with E-state index in [1.807, 2.05) is 0 Å².